The number of aromatic nitrogens is 1. The fourth-order valence-corrected chi connectivity index (χ4v) is 4.52. The van der Waals surface area contributed by atoms with Gasteiger partial charge in [-0.05, 0) is 29.3 Å². The first-order chi connectivity index (χ1) is 13.2. The van der Waals surface area contributed by atoms with E-state index >= 15 is 0 Å². The molecule has 142 valence electrons. The largest absolute Gasteiger partial charge is 0.508 e. The minimum atomic E-state index is -0.0904. The van der Waals surface area contributed by atoms with Crippen molar-refractivity contribution in [2.45, 2.75) is 12.0 Å². The van der Waals surface area contributed by atoms with E-state index in [1.807, 2.05) is 42.5 Å². The molecule has 0 bridgehead atoms. The van der Waals surface area contributed by atoms with Gasteiger partial charge in [-0.25, -0.2) is 0 Å². The molecule has 0 spiro atoms. The fraction of sp³-hybridized carbons (Fsp3) is 0.130. The molecule has 5 rings (SSSR count). The zero-order chi connectivity index (χ0) is 18.4. The average molecular weight is 411 g/mol. The van der Waals surface area contributed by atoms with E-state index in [4.69, 9.17) is 11.6 Å². The number of benzene rings is 3. The van der Waals surface area contributed by atoms with Crippen molar-refractivity contribution in [2.75, 3.05) is 6.54 Å². The van der Waals surface area contributed by atoms with Gasteiger partial charge in [-0.3, -0.25) is 0 Å². The molecule has 4 aromatic rings. The van der Waals surface area contributed by atoms with Crippen LogP contribution in [0.1, 0.15) is 34.3 Å². The van der Waals surface area contributed by atoms with E-state index in [0.717, 1.165) is 33.9 Å². The summed E-state index contributed by atoms with van der Waals surface area (Å²) >= 11 is 6.54. The molecule has 2 atom stereocenters. The number of fused-ring (bicyclic) bond motifs is 3. The highest BCUT2D eigenvalue weighted by molar-refractivity contribution is 6.31. The third-order valence-electron chi connectivity index (χ3n) is 5.47. The quantitative estimate of drug-likeness (QED) is 0.392. The molecule has 0 aliphatic carbocycles. The van der Waals surface area contributed by atoms with Crippen LogP contribution in [0.5, 0.6) is 5.75 Å². The number of nitrogens with one attached hydrogen (secondary N) is 2. The van der Waals surface area contributed by atoms with Crippen LogP contribution in [-0.4, -0.2) is 16.6 Å². The van der Waals surface area contributed by atoms with Gasteiger partial charge in [-0.15, -0.1) is 12.4 Å². The first kappa shape index (κ1) is 18.9. The maximum atomic E-state index is 10.4. The van der Waals surface area contributed by atoms with Crippen LogP contribution < -0.4 is 5.32 Å². The summed E-state index contributed by atoms with van der Waals surface area (Å²) in [4.78, 5) is 3.59. The van der Waals surface area contributed by atoms with Crippen LogP contribution in [0.15, 0.2) is 72.8 Å². The van der Waals surface area contributed by atoms with Crippen LogP contribution in [0.3, 0.4) is 0 Å². The number of hydrogen-bond donors (Lipinski definition) is 3. The van der Waals surface area contributed by atoms with Crippen molar-refractivity contribution in [3.63, 3.8) is 0 Å². The molecule has 2 heterocycles. The third kappa shape index (κ3) is 2.96. The van der Waals surface area contributed by atoms with Crippen molar-refractivity contribution in [3.8, 4) is 5.75 Å². The Morgan fingerprint density at radius 1 is 0.857 bits per heavy atom. The van der Waals surface area contributed by atoms with E-state index in [-0.39, 0.29) is 24.4 Å². The van der Waals surface area contributed by atoms with Crippen LogP contribution in [0.25, 0.3) is 10.9 Å². The average Bonchev–Trinajstić information content (AvgIpc) is 3.08. The molecule has 3 aromatic carbocycles. The summed E-state index contributed by atoms with van der Waals surface area (Å²) in [5.41, 5.74) is 5.44. The summed E-state index contributed by atoms with van der Waals surface area (Å²) in [6.07, 6.45) is 0. The number of hydrogen-bond acceptors (Lipinski definition) is 2. The highest BCUT2D eigenvalue weighted by atomic mass is 35.5. The Labute approximate surface area is 174 Å². The minimum absolute atomic E-state index is 0. The van der Waals surface area contributed by atoms with Gasteiger partial charge >= 0.3 is 0 Å². The van der Waals surface area contributed by atoms with Crippen molar-refractivity contribution in [3.05, 3.63) is 100 Å². The van der Waals surface area contributed by atoms with E-state index in [2.05, 4.69) is 34.6 Å². The van der Waals surface area contributed by atoms with E-state index in [0.29, 0.717) is 5.75 Å². The topological polar surface area (TPSA) is 48.0 Å². The van der Waals surface area contributed by atoms with Gasteiger partial charge in [0.1, 0.15) is 5.75 Å². The summed E-state index contributed by atoms with van der Waals surface area (Å²) in [5.74, 6) is 0.447. The van der Waals surface area contributed by atoms with Crippen molar-refractivity contribution < 1.29 is 5.11 Å². The summed E-state index contributed by atoms with van der Waals surface area (Å²) in [6, 6.07) is 23.8. The highest BCUT2D eigenvalue weighted by Crippen LogP contribution is 2.44. The number of halogens is 2. The summed E-state index contributed by atoms with van der Waals surface area (Å²) in [7, 11) is 0. The number of phenolic OH excluding ortho intramolecular Hbond substituents is 1. The van der Waals surface area contributed by atoms with Gasteiger partial charge in [-0.2, -0.15) is 0 Å². The lowest BCUT2D eigenvalue weighted by atomic mass is 9.83. The van der Waals surface area contributed by atoms with Crippen LogP contribution in [0.2, 0.25) is 5.02 Å². The standard InChI is InChI=1S/C23H19ClN2O.ClH/c24-18-10-4-1-7-14(18)17-13-25-22(16-9-3-6-12-20(16)27)23-21(17)15-8-2-5-11-19(15)26-23;/h1-12,17,22,25-27H,13H2;1H. The molecule has 2 unspecified atom stereocenters. The Hall–Kier alpha value is -2.46. The summed E-state index contributed by atoms with van der Waals surface area (Å²) < 4.78 is 0. The van der Waals surface area contributed by atoms with Crippen LogP contribution >= 0.6 is 24.0 Å². The molecular formula is C23H20Cl2N2O. The van der Waals surface area contributed by atoms with E-state index in [1.165, 1.54) is 10.9 Å². The van der Waals surface area contributed by atoms with Crippen molar-refractivity contribution in [1.82, 2.24) is 10.3 Å². The molecule has 28 heavy (non-hydrogen) atoms. The molecular weight excluding hydrogens is 391 g/mol. The highest BCUT2D eigenvalue weighted by Gasteiger charge is 2.33. The molecule has 0 radical (unpaired) electrons. The molecule has 0 amide bonds. The molecule has 3 N–H and O–H groups in total. The molecule has 0 fully saturated rings. The van der Waals surface area contributed by atoms with Gasteiger partial charge in [0.15, 0.2) is 0 Å². The first-order valence-electron chi connectivity index (χ1n) is 9.10. The van der Waals surface area contributed by atoms with E-state index in [1.54, 1.807) is 6.07 Å². The molecule has 0 saturated heterocycles. The molecule has 1 aliphatic rings. The molecule has 1 aromatic heterocycles. The molecule has 0 saturated carbocycles. The zero-order valence-electron chi connectivity index (χ0n) is 15.0. The van der Waals surface area contributed by atoms with Crippen molar-refractivity contribution in [2.24, 2.45) is 0 Å². The minimum Gasteiger partial charge on any atom is -0.508 e. The second-order valence-corrected chi connectivity index (χ2v) is 7.38. The third-order valence-corrected chi connectivity index (χ3v) is 5.81. The lowest BCUT2D eigenvalue weighted by molar-refractivity contribution is 0.448. The first-order valence-corrected chi connectivity index (χ1v) is 9.48. The number of aromatic hydroxyl groups is 1. The Morgan fingerprint density at radius 2 is 1.54 bits per heavy atom. The van der Waals surface area contributed by atoms with Crippen LogP contribution in [-0.2, 0) is 0 Å². The number of rotatable bonds is 2. The maximum absolute atomic E-state index is 10.4. The monoisotopic (exact) mass is 410 g/mol. The normalized spacial score (nSPS) is 18.5. The predicted octanol–water partition coefficient (Wildman–Crippen LogP) is 5.77. The van der Waals surface area contributed by atoms with Gasteiger partial charge in [0.2, 0.25) is 0 Å². The Morgan fingerprint density at radius 3 is 2.32 bits per heavy atom. The van der Waals surface area contributed by atoms with Gasteiger partial charge in [0.25, 0.3) is 0 Å². The SMILES string of the molecule is Cl.Oc1ccccc1C1NCC(c2ccccc2Cl)c2c1[nH]c1ccccc21. The number of H-pyrrole nitrogens is 1. The van der Waals surface area contributed by atoms with Gasteiger partial charge in [-0.1, -0.05) is 66.2 Å². The zero-order valence-corrected chi connectivity index (χ0v) is 16.6. The number of phenols is 1. The molecule has 5 heteroatoms. The Balaban J connectivity index is 0.00000192. The van der Waals surface area contributed by atoms with Crippen LogP contribution in [0, 0.1) is 0 Å². The number of aromatic amines is 1. The van der Waals surface area contributed by atoms with Crippen molar-refractivity contribution in [1.29, 1.82) is 0 Å². The summed E-state index contributed by atoms with van der Waals surface area (Å²) in [6.45, 7) is 0.748. The van der Waals surface area contributed by atoms with Gasteiger partial charge in [0.05, 0.1) is 6.04 Å². The Bertz CT molecular complexity index is 1140. The number of para-hydroxylation sites is 2. The second kappa shape index (κ2) is 7.51. The molecule has 1 aliphatic heterocycles. The van der Waals surface area contributed by atoms with Gasteiger partial charge in [0, 0.05) is 39.6 Å². The fourth-order valence-electron chi connectivity index (χ4n) is 4.25. The maximum Gasteiger partial charge on any atom is 0.120 e. The smallest absolute Gasteiger partial charge is 0.120 e. The van der Waals surface area contributed by atoms with Crippen molar-refractivity contribution >= 4 is 34.9 Å². The Kier molecular flexibility index (Phi) is 5.07. The van der Waals surface area contributed by atoms with Crippen LogP contribution in [0.4, 0.5) is 0 Å². The second-order valence-electron chi connectivity index (χ2n) is 6.97. The molecule has 3 nitrogen and oxygen atoms in total. The lowest BCUT2D eigenvalue weighted by Crippen LogP contribution is -2.34. The van der Waals surface area contributed by atoms with E-state index < -0.39 is 0 Å². The summed E-state index contributed by atoms with van der Waals surface area (Å²) in [5, 5.41) is 16.0. The lowest BCUT2D eigenvalue weighted by Gasteiger charge is -2.32. The van der Waals surface area contributed by atoms with Gasteiger partial charge < -0.3 is 15.4 Å². The van der Waals surface area contributed by atoms with E-state index in [9.17, 15) is 5.11 Å². The predicted molar refractivity (Wildman–Crippen MR) is 117 cm³/mol.